The number of nitrogens with zero attached hydrogens (tertiary/aromatic N) is 3. The van der Waals surface area contributed by atoms with Gasteiger partial charge >= 0.3 is 5.97 Å². The summed E-state index contributed by atoms with van der Waals surface area (Å²) in [5.41, 5.74) is -1.26. The zero-order chi connectivity index (χ0) is 24.5. The van der Waals surface area contributed by atoms with Gasteiger partial charge in [0.15, 0.2) is 0 Å². The minimum Gasteiger partial charge on any atom is -0.423 e. The molecule has 0 bridgehead atoms. The molecule has 33 heavy (non-hydrogen) atoms. The predicted molar refractivity (Wildman–Crippen MR) is 117 cm³/mol. The number of rotatable bonds is 9. The molecule has 0 heterocycles. The number of carbonyl (C=O) groups is 2. The number of hydrogen-bond donors (Lipinski definition) is 1. The fourth-order valence-corrected chi connectivity index (χ4v) is 2.77. The maximum Gasteiger partial charge on any atom is 0.344 e. The zero-order valence-electron chi connectivity index (χ0n) is 17.9. The number of amides is 1. The Morgan fingerprint density at radius 1 is 1.12 bits per heavy atom. The summed E-state index contributed by atoms with van der Waals surface area (Å²) < 4.78 is 5.16. The minimum atomic E-state index is -1.02. The van der Waals surface area contributed by atoms with Gasteiger partial charge in [0.2, 0.25) is 0 Å². The molecule has 0 unspecified atom stereocenters. The summed E-state index contributed by atoms with van der Waals surface area (Å²) in [5.74, 6) is -1.45. The van der Waals surface area contributed by atoms with Crippen molar-refractivity contribution in [3.63, 3.8) is 0 Å². The third-order valence-electron chi connectivity index (χ3n) is 4.56. The van der Waals surface area contributed by atoms with Gasteiger partial charge in [0.1, 0.15) is 23.0 Å². The van der Waals surface area contributed by atoms with Crippen molar-refractivity contribution in [1.29, 1.82) is 5.26 Å². The van der Waals surface area contributed by atoms with E-state index in [4.69, 9.17) is 4.74 Å². The first-order valence-corrected chi connectivity index (χ1v) is 9.83. The van der Waals surface area contributed by atoms with Crippen LogP contribution in [-0.4, -0.2) is 28.3 Å². The van der Waals surface area contributed by atoms with E-state index in [1.54, 1.807) is 0 Å². The van der Waals surface area contributed by atoms with Crippen LogP contribution in [0.25, 0.3) is 6.08 Å². The van der Waals surface area contributed by atoms with Gasteiger partial charge in [-0.3, -0.25) is 25.0 Å². The van der Waals surface area contributed by atoms with Crippen LogP contribution in [0.5, 0.6) is 5.75 Å². The topological polar surface area (TPSA) is 165 Å². The molecule has 0 aliphatic carbocycles. The second kappa shape index (κ2) is 11.1. The Hall–Kier alpha value is -4.59. The van der Waals surface area contributed by atoms with E-state index in [0.29, 0.717) is 12.1 Å². The molecule has 2 aromatic carbocycles. The molecule has 170 valence electrons. The van der Waals surface area contributed by atoms with E-state index in [1.807, 2.05) is 13.0 Å². The number of nitro groups is 2. The first-order chi connectivity index (χ1) is 15.7. The molecule has 0 saturated carbocycles. The molecule has 2 aromatic rings. The van der Waals surface area contributed by atoms with Gasteiger partial charge in [0.25, 0.3) is 17.3 Å². The molecule has 0 atom stereocenters. The third kappa shape index (κ3) is 6.44. The zero-order valence-corrected chi connectivity index (χ0v) is 17.9. The van der Waals surface area contributed by atoms with Gasteiger partial charge in [-0.05, 0) is 37.1 Å². The molecule has 0 aromatic heterocycles. The highest BCUT2D eigenvalue weighted by molar-refractivity contribution is 6.01. The lowest BCUT2D eigenvalue weighted by Gasteiger charge is -2.07. The van der Waals surface area contributed by atoms with Crippen LogP contribution in [0.1, 0.15) is 41.3 Å². The molecular weight excluding hydrogens is 432 g/mol. The van der Waals surface area contributed by atoms with Crippen LogP contribution < -0.4 is 10.1 Å². The highest BCUT2D eigenvalue weighted by Crippen LogP contribution is 2.30. The monoisotopic (exact) mass is 452 g/mol. The average Bonchev–Trinajstić information content (AvgIpc) is 2.78. The van der Waals surface area contributed by atoms with Gasteiger partial charge in [-0.2, -0.15) is 5.26 Å². The summed E-state index contributed by atoms with van der Waals surface area (Å²) in [6, 6.07) is 9.45. The van der Waals surface area contributed by atoms with Crippen molar-refractivity contribution in [2.45, 2.75) is 26.7 Å². The summed E-state index contributed by atoms with van der Waals surface area (Å²) in [6.07, 6.45) is 3.06. The van der Waals surface area contributed by atoms with Crippen LogP contribution in [-0.2, 0) is 4.79 Å². The molecule has 2 rings (SSSR count). The Balaban J connectivity index is 2.21. The largest absolute Gasteiger partial charge is 0.423 e. The number of benzene rings is 2. The summed E-state index contributed by atoms with van der Waals surface area (Å²) in [5, 5.41) is 34.2. The van der Waals surface area contributed by atoms with E-state index < -0.39 is 33.1 Å². The molecule has 11 nitrogen and oxygen atoms in total. The van der Waals surface area contributed by atoms with Gasteiger partial charge in [-0.1, -0.05) is 25.5 Å². The van der Waals surface area contributed by atoms with Crippen LogP contribution in [0.2, 0.25) is 0 Å². The highest BCUT2D eigenvalue weighted by atomic mass is 16.6. The van der Waals surface area contributed by atoms with Crippen molar-refractivity contribution in [1.82, 2.24) is 5.32 Å². The number of nitro benzene ring substituents is 2. The van der Waals surface area contributed by atoms with Gasteiger partial charge in [0, 0.05) is 18.7 Å². The highest BCUT2D eigenvalue weighted by Gasteiger charge is 2.26. The molecule has 1 amide bonds. The lowest BCUT2D eigenvalue weighted by Crippen LogP contribution is -2.25. The second-order valence-corrected chi connectivity index (χ2v) is 6.89. The fourth-order valence-electron chi connectivity index (χ4n) is 2.77. The van der Waals surface area contributed by atoms with Gasteiger partial charge < -0.3 is 10.1 Å². The Morgan fingerprint density at radius 2 is 1.70 bits per heavy atom. The van der Waals surface area contributed by atoms with Crippen molar-refractivity contribution in [3.8, 4) is 11.8 Å². The van der Waals surface area contributed by atoms with Gasteiger partial charge in [-0.25, -0.2) is 4.79 Å². The fraction of sp³-hybridized carbons (Fsp3) is 0.227. The smallest absolute Gasteiger partial charge is 0.344 e. The molecular formula is C22H20N4O7. The first-order valence-electron chi connectivity index (χ1n) is 9.83. The number of carbonyl (C=O) groups excluding carboxylic acids is 2. The maximum absolute atomic E-state index is 12.4. The molecule has 0 radical (unpaired) electrons. The molecule has 0 fully saturated rings. The lowest BCUT2D eigenvalue weighted by molar-refractivity contribution is -0.395. The van der Waals surface area contributed by atoms with E-state index in [9.17, 15) is 35.1 Å². The summed E-state index contributed by atoms with van der Waals surface area (Å²) >= 11 is 0. The van der Waals surface area contributed by atoms with Crippen molar-refractivity contribution in [2.24, 2.45) is 0 Å². The predicted octanol–water partition coefficient (Wildman–Crippen LogP) is 3.85. The number of hydrogen-bond acceptors (Lipinski definition) is 8. The van der Waals surface area contributed by atoms with Crippen LogP contribution in [0, 0.1) is 38.5 Å². The van der Waals surface area contributed by atoms with E-state index in [1.165, 1.54) is 37.3 Å². The van der Waals surface area contributed by atoms with Crippen LogP contribution >= 0.6 is 0 Å². The molecule has 0 aliphatic heterocycles. The Labute approximate surface area is 188 Å². The summed E-state index contributed by atoms with van der Waals surface area (Å²) in [6.45, 7) is 3.65. The number of esters is 1. The van der Waals surface area contributed by atoms with Crippen molar-refractivity contribution < 1.29 is 24.2 Å². The molecule has 0 spiro atoms. The number of nitrogens with one attached hydrogen (secondary N) is 1. The van der Waals surface area contributed by atoms with Gasteiger partial charge in [0.05, 0.1) is 15.4 Å². The first kappa shape index (κ1) is 24.7. The van der Waals surface area contributed by atoms with E-state index in [2.05, 4.69) is 5.32 Å². The third-order valence-corrected chi connectivity index (χ3v) is 4.56. The van der Waals surface area contributed by atoms with Crippen molar-refractivity contribution in [2.75, 3.05) is 6.54 Å². The summed E-state index contributed by atoms with van der Waals surface area (Å²) in [7, 11) is 0. The normalized spacial score (nSPS) is 10.8. The second-order valence-electron chi connectivity index (χ2n) is 6.89. The van der Waals surface area contributed by atoms with Crippen LogP contribution in [0.15, 0.2) is 42.0 Å². The van der Waals surface area contributed by atoms with E-state index in [0.717, 1.165) is 25.0 Å². The van der Waals surface area contributed by atoms with Crippen molar-refractivity contribution in [3.05, 3.63) is 78.9 Å². The Kier molecular flexibility index (Phi) is 8.34. The minimum absolute atomic E-state index is 0.0638. The Bertz CT molecular complexity index is 1130. The lowest BCUT2D eigenvalue weighted by atomic mass is 10.1. The summed E-state index contributed by atoms with van der Waals surface area (Å²) in [4.78, 5) is 45.2. The number of unbranched alkanes of at least 4 members (excludes halogenated alkanes) is 1. The van der Waals surface area contributed by atoms with Crippen LogP contribution in [0.4, 0.5) is 11.4 Å². The molecule has 11 heteroatoms. The standard InChI is InChI=1S/C22H20N4O7/c1-3-4-9-24-21(27)17(13-23)10-15-5-7-18(8-6-15)33-22(28)16-11-19(25(29)30)14(2)20(12-16)26(31)32/h5-8,10-12H,3-4,9H2,1-2H3,(H,24,27)/b17-10+. The number of ether oxygens (including phenoxy) is 1. The van der Waals surface area contributed by atoms with E-state index in [-0.39, 0.29) is 22.4 Å². The van der Waals surface area contributed by atoms with Crippen LogP contribution in [0.3, 0.4) is 0 Å². The quantitative estimate of drug-likeness (QED) is 0.114. The molecule has 1 N–H and O–H groups in total. The number of nitriles is 1. The SMILES string of the molecule is CCCCNC(=O)/C(C#N)=C/c1ccc(OC(=O)c2cc([N+](=O)[O-])c(C)c([N+](=O)[O-])c2)cc1. The molecule has 0 aliphatic rings. The maximum atomic E-state index is 12.4. The average molecular weight is 452 g/mol. The van der Waals surface area contributed by atoms with E-state index >= 15 is 0 Å². The Morgan fingerprint density at radius 3 is 2.18 bits per heavy atom. The molecule has 0 saturated heterocycles. The van der Waals surface area contributed by atoms with Crippen molar-refractivity contribution >= 4 is 29.3 Å². The van der Waals surface area contributed by atoms with Gasteiger partial charge in [-0.15, -0.1) is 0 Å².